The fourth-order valence-electron chi connectivity index (χ4n) is 8.65. The molecule has 0 N–H and O–H groups in total. The van der Waals surface area contributed by atoms with Crippen molar-refractivity contribution < 1.29 is 28.6 Å². The van der Waals surface area contributed by atoms with Crippen LogP contribution in [0.2, 0.25) is 0 Å². The topological polar surface area (TPSA) is 78.9 Å². The number of carbonyl (C=O) groups is 3. The summed E-state index contributed by atoms with van der Waals surface area (Å²) in [6.45, 7) is 6.65. The Morgan fingerprint density at radius 2 is 0.537 bits per heavy atom. The van der Waals surface area contributed by atoms with E-state index in [0.717, 1.165) is 70.6 Å². The highest BCUT2D eigenvalue weighted by Gasteiger charge is 2.19. The van der Waals surface area contributed by atoms with Crippen molar-refractivity contribution in [3.63, 3.8) is 0 Å². The highest BCUT2D eigenvalue weighted by atomic mass is 16.6. The van der Waals surface area contributed by atoms with Gasteiger partial charge in [-0.15, -0.1) is 0 Å². The second-order valence-corrected chi connectivity index (χ2v) is 19.9. The van der Waals surface area contributed by atoms with Crippen molar-refractivity contribution in [2.75, 3.05) is 13.2 Å². The molecule has 1 unspecified atom stereocenters. The number of hydrogen-bond donors (Lipinski definition) is 0. The molecule has 0 saturated heterocycles. The van der Waals surface area contributed by atoms with Crippen LogP contribution in [-0.2, 0) is 28.6 Å². The van der Waals surface area contributed by atoms with Gasteiger partial charge in [0.05, 0.1) is 0 Å². The smallest absolute Gasteiger partial charge is 0.306 e. The molecule has 0 aliphatic rings. The van der Waals surface area contributed by atoms with Crippen molar-refractivity contribution in [2.45, 2.75) is 322 Å². The first kappa shape index (κ1) is 64.6. The van der Waals surface area contributed by atoms with Gasteiger partial charge in [0.2, 0.25) is 0 Å². The van der Waals surface area contributed by atoms with Gasteiger partial charge in [-0.25, -0.2) is 0 Å². The summed E-state index contributed by atoms with van der Waals surface area (Å²) in [5.74, 6) is -0.867. The molecule has 392 valence electrons. The summed E-state index contributed by atoms with van der Waals surface area (Å²) >= 11 is 0. The maximum absolute atomic E-state index is 12.8. The van der Waals surface area contributed by atoms with E-state index >= 15 is 0 Å². The van der Waals surface area contributed by atoms with Crippen molar-refractivity contribution in [3.05, 3.63) is 36.5 Å². The standard InChI is InChI=1S/C61H112O6/c1-4-7-10-13-16-19-22-25-27-28-29-30-31-32-33-34-35-37-39-42-45-48-51-54-60(63)66-57-58(56-65-59(62)53-50-47-44-41-38-24-21-18-15-12-9-6-3)67-61(64)55-52-49-46-43-40-36-26-23-20-17-14-11-8-5-2/h22-23,25-26,28-29,58H,4-21,24,27,30-57H2,1-3H3/b25-22-,26-23-,29-28-. The number of hydrogen-bond acceptors (Lipinski definition) is 6. The normalized spacial score (nSPS) is 12.2. The summed E-state index contributed by atoms with van der Waals surface area (Å²) in [5.41, 5.74) is 0. The molecule has 0 bridgehead atoms. The molecule has 6 heteroatoms. The van der Waals surface area contributed by atoms with Gasteiger partial charge in [-0.1, -0.05) is 256 Å². The first-order valence-corrected chi connectivity index (χ1v) is 29.5. The lowest BCUT2D eigenvalue weighted by atomic mass is 10.0. The van der Waals surface area contributed by atoms with Gasteiger partial charge < -0.3 is 14.2 Å². The van der Waals surface area contributed by atoms with Crippen molar-refractivity contribution in [1.82, 2.24) is 0 Å². The van der Waals surface area contributed by atoms with Crippen molar-refractivity contribution in [1.29, 1.82) is 0 Å². The monoisotopic (exact) mass is 941 g/mol. The molecule has 0 aromatic heterocycles. The average molecular weight is 942 g/mol. The summed E-state index contributed by atoms with van der Waals surface area (Å²) in [6, 6.07) is 0. The zero-order valence-electron chi connectivity index (χ0n) is 44.9. The zero-order chi connectivity index (χ0) is 48.6. The Morgan fingerprint density at radius 1 is 0.299 bits per heavy atom. The minimum Gasteiger partial charge on any atom is -0.462 e. The SMILES string of the molecule is CCCCCCC/C=C\C/C=C\CCCCCCCCCCCCCC(=O)OCC(COC(=O)CCCCCCCCCCCCCC)OC(=O)CCCCCCC/C=C\CCCCCCC. The molecule has 0 spiro atoms. The number of rotatable bonds is 54. The number of ether oxygens (including phenoxy) is 3. The number of allylic oxidation sites excluding steroid dienone is 6. The van der Waals surface area contributed by atoms with Crippen LogP contribution in [0, 0.1) is 0 Å². The van der Waals surface area contributed by atoms with Crippen LogP contribution in [0.15, 0.2) is 36.5 Å². The van der Waals surface area contributed by atoms with Gasteiger partial charge in [0.1, 0.15) is 13.2 Å². The lowest BCUT2D eigenvalue weighted by molar-refractivity contribution is -0.167. The predicted molar refractivity (Wildman–Crippen MR) is 289 cm³/mol. The maximum Gasteiger partial charge on any atom is 0.306 e. The predicted octanol–water partition coefficient (Wildman–Crippen LogP) is 19.7. The lowest BCUT2D eigenvalue weighted by Crippen LogP contribution is -2.30. The Labute approximate surface area is 416 Å². The first-order valence-electron chi connectivity index (χ1n) is 29.5. The summed E-state index contributed by atoms with van der Waals surface area (Å²) in [7, 11) is 0. The van der Waals surface area contributed by atoms with E-state index in [0.29, 0.717) is 19.3 Å². The third-order valence-corrected chi connectivity index (χ3v) is 13.1. The van der Waals surface area contributed by atoms with Gasteiger partial charge in [0, 0.05) is 19.3 Å². The second-order valence-electron chi connectivity index (χ2n) is 19.9. The van der Waals surface area contributed by atoms with Gasteiger partial charge in [-0.05, 0) is 77.0 Å². The minimum atomic E-state index is -0.773. The fourth-order valence-corrected chi connectivity index (χ4v) is 8.65. The average Bonchev–Trinajstić information content (AvgIpc) is 3.33. The van der Waals surface area contributed by atoms with Gasteiger partial charge >= 0.3 is 17.9 Å². The molecular formula is C61H112O6. The van der Waals surface area contributed by atoms with Crippen LogP contribution >= 0.6 is 0 Å². The van der Waals surface area contributed by atoms with E-state index in [1.165, 1.54) is 205 Å². The Hall–Kier alpha value is -2.37. The zero-order valence-corrected chi connectivity index (χ0v) is 44.9. The molecule has 0 rings (SSSR count). The number of carbonyl (C=O) groups excluding carboxylic acids is 3. The first-order chi connectivity index (χ1) is 33.0. The van der Waals surface area contributed by atoms with Crippen LogP contribution in [0.25, 0.3) is 0 Å². The van der Waals surface area contributed by atoms with E-state index in [1.54, 1.807) is 0 Å². The summed E-state index contributed by atoms with van der Waals surface area (Å²) in [6.07, 6.45) is 67.1. The van der Waals surface area contributed by atoms with E-state index in [-0.39, 0.29) is 31.1 Å². The Kier molecular flexibility index (Phi) is 54.2. The molecule has 0 aliphatic carbocycles. The molecular weight excluding hydrogens is 829 g/mol. The largest absolute Gasteiger partial charge is 0.462 e. The molecule has 0 aromatic rings. The van der Waals surface area contributed by atoms with E-state index < -0.39 is 6.10 Å². The van der Waals surface area contributed by atoms with Crippen LogP contribution in [0.1, 0.15) is 316 Å². The summed E-state index contributed by atoms with van der Waals surface area (Å²) in [4.78, 5) is 38.1. The molecule has 0 fully saturated rings. The Balaban J connectivity index is 4.26. The van der Waals surface area contributed by atoms with E-state index in [9.17, 15) is 14.4 Å². The fraction of sp³-hybridized carbons (Fsp3) is 0.852. The number of unbranched alkanes of at least 4 members (excludes halogenated alkanes) is 37. The van der Waals surface area contributed by atoms with Crippen LogP contribution in [0.4, 0.5) is 0 Å². The van der Waals surface area contributed by atoms with Crippen molar-refractivity contribution in [2.24, 2.45) is 0 Å². The molecule has 0 saturated carbocycles. The highest BCUT2D eigenvalue weighted by molar-refractivity contribution is 5.71. The molecule has 67 heavy (non-hydrogen) atoms. The van der Waals surface area contributed by atoms with Crippen LogP contribution in [0.5, 0.6) is 0 Å². The molecule has 0 heterocycles. The van der Waals surface area contributed by atoms with Crippen LogP contribution < -0.4 is 0 Å². The van der Waals surface area contributed by atoms with Gasteiger partial charge in [-0.2, -0.15) is 0 Å². The number of esters is 3. The summed E-state index contributed by atoms with van der Waals surface area (Å²) < 4.78 is 16.9. The van der Waals surface area contributed by atoms with E-state index in [1.807, 2.05) is 0 Å². The minimum absolute atomic E-state index is 0.0723. The van der Waals surface area contributed by atoms with Crippen molar-refractivity contribution >= 4 is 17.9 Å². The Bertz CT molecular complexity index is 1130. The molecule has 0 aromatic carbocycles. The highest BCUT2D eigenvalue weighted by Crippen LogP contribution is 2.16. The van der Waals surface area contributed by atoms with Crippen LogP contribution in [-0.4, -0.2) is 37.2 Å². The molecule has 6 nitrogen and oxygen atoms in total. The van der Waals surface area contributed by atoms with Gasteiger partial charge in [0.25, 0.3) is 0 Å². The van der Waals surface area contributed by atoms with Crippen molar-refractivity contribution in [3.8, 4) is 0 Å². The maximum atomic E-state index is 12.8. The lowest BCUT2D eigenvalue weighted by Gasteiger charge is -2.18. The van der Waals surface area contributed by atoms with E-state index in [2.05, 4.69) is 57.2 Å². The Morgan fingerprint density at radius 3 is 0.836 bits per heavy atom. The molecule has 1 atom stereocenters. The van der Waals surface area contributed by atoms with Gasteiger partial charge in [-0.3, -0.25) is 14.4 Å². The molecule has 0 amide bonds. The quantitative estimate of drug-likeness (QED) is 0.0262. The third kappa shape index (κ3) is 54.4. The van der Waals surface area contributed by atoms with E-state index in [4.69, 9.17) is 14.2 Å². The van der Waals surface area contributed by atoms with Crippen LogP contribution in [0.3, 0.4) is 0 Å². The summed E-state index contributed by atoms with van der Waals surface area (Å²) in [5, 5.41) is 0. The third-order valence-electron chi connectivity index (χ3n) is 13.1. The molecule has 0 radical (unpaired) electrons. The van der Waals surface area contributed by atoms with Gasteiger partial charge in [0.15, 0.2) is 6.10 Å². The molecule has 0 aliphatic heterocycles. The second kappa shape index (κ2) is 56.2.